The Morgan fingerprint density at radius 1 is 0.591 bits per heavy atom. The predicted molar refractivity (Wildman–Crippen MR) is 184 cm³/mol. The van der Waals surface area contributed by atoms with Crippen molar-refractivity contribution < 1.29 is 21.8 Å². The van der Waals surface area contributed by atoms with E-state index in [-0.39, 0.29) is 22.9 Å². The summed E-state index contributed by atoms with van der Waals surface area (Å²) in [7, 11) is -2.08. The molecule has 4 nitrogen and oxygen atoms in total. The van der Waals surface area contributed by atoms with Gasteiger partial charge in [-0.15, -0.1) is 0 Å². The Morgan fingerprint density at radius 2 is 1.05 bits per heavy atom. The Morgan fingerprint density at radius 3 is 1.57 bits per heavy atom. The lowest BCUT2D eigenvalue weighted by Gasteiger charge is -2.36. The average Bonchev–Trinajstić information content (AvgIpc) is 3.09. The van der Waals surface area contributed by atoms with E-state index in [9.17, 15) is 4.79 Å². The second-order valence-corrected chi connectivity index (χ2v) is 14.6. The maximum atomic E-state index is 13.3. The van der Waals surface area contributed by atoms with Crippen molar-refractivity contribution >= 4 is 40.5 Å². The van der Waals surface area contributed by atoms with Crippen LogP contribution < -0.4 is 43.1 Å². The molecular formula is C38H39BrN3OP. The molecule has 224 valence electrons. The highest BCUT2D eigenvalue weighted by Crippen LogP contribution is 2.58. The van der Waals surface area contributed by atoms with Gasteiger partial charge in [0.1, 0.15) is 29.3 Å². The summed E-state index contributed by atoms with van der Waals surface area (Å²) < 4.78 is 0. The third-order valence-corrected chi connectivity index (χ3v) is 12.8. The number of hydrogen-bond acceptors (Lipinski definition) is 3. The molecule has 0 aromatic heterocycles. The lowest BCUT2D eigenvalue weighted by Crippen LogP contribution is -3.00. The molecule has 6 heteroatoms. The Kier molecular flexibility index (Phi) is 11.0. The van der Waals surface area contributed by atoms with Gasteiger partial charge in [0.2, 0.25) is 5.91 Å². The first-order chi connectivity index (χ1) is 21.2. The van der Waals surface area contributed by atoms with Gasteiger partial charge in [-0.25, -0.2) is 0 Å². The van der Waals surface area contributed by atoms with Crippen molar-refractivity contribution in [2.75, 3.05) is 42.9 Å². The summed E-state index contributed by atoms with van der Waals surface area (Å²) in [5.41, 5.74) is 3.35. The van der Waals surface area contributed by atoms with Gasteiger partial charge in [-0.2, -0.15) is 0 Å². The maximum absolute atomic E-state index is 13.3. The van der Waals surface area contributed by atoms with Gasteiger partial charge in [0.05, 0.1) is 0 Å². The number of para-hydroxylation sites is 2. The van der Waals surface area contributed by atoms with Crippen molar-refractivity contribution in [2.24, 2.45) is 0 Å². The Hall–Kier alpha value is -3.76. The van der Waals surface area contributed by atoms with E-state index in [0.29, 0.717) is 6.42 Å². The molecule has 1 aliphatic heterocycles. The van der Waals surface area contributed by atoms with Crippen LogP contribution >= 0.6 is 7.26 Å². The van der Waals surface area contributed by atoms with Crippen LogP contribution in [0.1, 0.15) is 12.0 Å². The number of amides is 1. The van der Waals surface area contributed by atoms with Gasteiger partial charge in [0.15, 0.2) is 0 Å². The molecule has 0 atom stereocenters. The van der Waals surface area contributed by atoms with E-state index < -0.39 is 7.26 Å². The number of piperazine rings is 1. The molecule has 1 saturated heterocycles. The normalized spacial score (nSPS) is 13.6. The average molecular weight is 665 g/mol. The second kappa shape index (κ2) is 15.3. The van der Waals surface area contributed by atoms with Gasteiger partial charge in [-0.1, -0.05) is 91.0 Å². The zero-order valence-electron chi connectivity index (χ0n) is 24.9. The monoisotopic (exact) mass is 663 g/mol. The van der Waals surface area contributed by atoms with E-state index in [4.69, 9.17) is 0 Å². The van der Waals surface area contributed by atoms with Crippen molar-refractivity contribution in [3.05, 3.63) is 151 Å². The molecular weight excluding hydrogens is 625 g/mol. The van der Waals surface area contributed by atoms with E-state index in [1.807, 2.05) is 6.07 Å². The van der Waals surface area contributed by atoms with Crippen LogP contribution in [0.25, 0.3) is 0 Å². The number of nitrogens with one attached hydrogen (secondary N) is 1. The zero-order chi connectivity index (χ0) is 29.3. The van der Waals surface area contributed by atoms with Crippen LogP contribution in [0.3, 0.4) is 0 Å². The van der Waals surface area contributed by atoms with Crippen LogP contribution in [0.5, 0.6) is 0 Å². The second-order valence-electron chi connectivity index (χ2n) is 11.1. The van der Waals surface area contributed by atoms with Gasteiger partial charge in [-0.05, 0) is 54.6 Å². The predicted octanol–water partition coefficient (Wildman–Crippen LogP) is 3.34. The zero-order valence-corrected chi connectivity index (χ0v) is 27.4. The standard InChI is InChI=1S/C38H38N3OP.BrH/c42-38(25-26-40-27-29-41(30-28-40)33-16-5-1-6-17-33)39-37-24-14-13-15-32(37)31-43(34-18-7-2-8-19-34,35-20-9-3-10-21-35)36-22-11-4-12-23-36;/h1-24H,25-31H2;1H. The molecule has 1 aliphatic rings. The third kappa shape index (κ3) is 7.30. The van der Waals surface area contributed by atoms with Crippen molar-refractivity contribution in [3.63, 3.8) is 0 Å². The van der Waals surface area contributed by atoms with Gasteiger partial charge in [-0.3, -0.25) is 9.69 Å². The van der Waals surface area contributed by atoms with E-state index in [2.05, 4.69) is 155 Å². The molecule has 0 bridgehead atoms. The summed E-state index contributed by atoms with van der Waals surface area (Å²) in [5, 5.41) is 7.31. The molecule has 1 fully saturated rings. The number of benzene rings is 5. The summed E-state index contributed by atoms with van der Waals surface area (Å²) in [6.45, 7) is 4.68. The van der Waals surface area contributed by atoms with Gasteiger partial charge < -0.3 is 27.2 Å². The van der Waals surface area contributed by atoms with Gasteiger partial charge in [0, 0.05) is 56.1 Å². The van der Waals surface area contributed by atoms with E-state index in [1.165, 1.54) is 21.6 Å². The number of halogens is 1. The lowest BCUT2D eigenvalue weighted by atomic mass is 10.2. The van der Waals surface area contributed by atoms with E-state index in [0.717, 1.165) is 50.1 Å². The van der Waals surface area contributed by atoms with Crippen LogP contribution in [-0.4, -0.2) is 43.5 Å². The smallest absolute Gasteiger partial charge is 0.225 e. The molecule has 44 heavy (non-hydrogen) atoms. The fourth-order valence-electron chi connectivity index (χ4n) is 6.14. The molecule has 0 unspecified atom stereocenters. The summed E-state index contributed by atoms with van der Waals surface area (Å²) in [6, 6.07) is 51.7. The quantitative estimate of drug-likeness (QED) is 0.233. The molecule has 6 rings (SSSR count). The molecule has 5 aromatic carbocycles. The first-order valence-electron chi connectivity index (χ1n) is 15.2. The minimum Gasteiger partial charge on any atom is -1.00 e. The van der Waals surface area contributed by atoms with Crippen LogP contribution in [-0.2, 0) is 11.0 Å². The highest BCUT2D eigenvalue weighted by Gasteiger charge is 2.45. The van der Waals surface area contributed by atoms with E-state index >= 15 is 0 Å². The number of carbonyl (C=O) groups excluding carboxylic acids is 1. The summed E-state index contributed by atoms with van der Waals surface area (Å²) in [5.74, 6) is 0.0704. The number of nitrogens with zero attached hydrogens (tertiary/aromatic N) is 2. The Labute approximate surface area is 272 Å². The van der Waals surface area contributed by atoms with Crippen LogP contribution in [0.4, 0.5) is 11.4 Å². The minimum absolute atomic E-state index is 0. The summed E-state index contributed by atoms with van der Waals surface area (Å²) >= 11 is 0. The number of anilines is 2. The Balaban J connectivity index is 0.00000384. The lowest BCUT2D eigenvalue weighted by molar-refractivity contribution is -0.116. The van der Waals surface area contributed by atoms with Crippen LogP contribution in [0.15, 0.2) is 146 Å². The SMILES string of the molecule is O=C(CCN1CCN(c2ccccc2)CC1)Nc1ccccc1C[P+](c1ccccc1)(c1ccccc1)c1ccccc1.[Br-]. The first kappa shape index (κ1) is 31.7. The first-order valence-corrected chi connectivity index (χ1v) is 17.1. The number of carbonyl (C=O) groups is 1. The van der Waals surface area contributed by atoms with Crippen molar-refractivity contribution in [3.8, 4) is 0 Å². The topological polar surface area (TPSA) is 35.6 Å². The van der Waals surface area contributed by atoms with Crippen molar-refractivity contribution in [1.29, 1.82) is 0 Å². The Bertz CT molecular complexity index is 1500. The molecule has 0 aliphatic carbocycles. The van der Waals surface area contributed by atoms with Gasteiger partial charge >= 0.3 is 0 Å². The maximum Gasteiger partial charge on any atom is 0.225 e. The van der Waals surface area contributed by atoms with Crippen molar-refractivity contribution in [1.82, 2.24) is 4.90 Å². The van der Waals surface area contributed by atoms with Crippen LogP contribution in [0.2, 0.25) is 0 Å². The molecule has 1 heterocycles. The molecule has 0 radical (unpaired) electrons. The third-order valence-electron chi connectivity index (χ3n) is 8.44. The fraction of sp³-hybridized carbons (Fsp3) is 0.184. The number of hydrogen-bond donors (Lipinski definition) is 1. The largest absolute Gasteiger partial charge is 1.00 e. The van der Waals surface area contributed by atoms with Gasteiger partial charge in [0.25, 0.3) is 0 Å². The highest BCUT2D eigenvalue weighted by atomic mass is 79.9. The molecule has 5 aromatic rings. The van der Waals surface area contributed by atoms with Crippen LogP contribution in [0, 0.1) is 0 Å². The highest BCUT2D eigenvalue weighted by molar-refractivity contribution is 7.95. The summed E-state index contributed by atoms with van der Waals surface area (Å²) in [6.07, 6.45) is 1.30. The number of rotatable bonds is 10. The molecule has 0 saturated carbocycles. The molecule has 1 amide bonds. The minimum atomic E-state index is -2.08. The molecule has 1 N–H and O–H groups in total. The van der Waals surface area contributed by atoms with E-state index in [1.54, 1.807) is 0 Å². The van der Waals surface area contributed by atoms with Crippen molar-refractivity contribution in [2.45, 2.75) is 12.6 Å². The summed E-state index contributed by atoms with van der Waals surface area (Å²) in [4.78, 5) is 18.2. The molecule has 0 spiro atoms. The fourth-order valence-corrected chi connectivity index (χ4v) is 10.4.